The molecule has 178 valence electrons. The quantitative estimate of drug-likeness (QED) is 0.694. The summed E-state index contributed by atoms with van der Waals surface area (Å²) in [6.45, 7) is 9.78. The molecule has 1 fully saturated rings. The van der Waals surface area contributed by atoms with Gasteiger partial charge >= 0.3 is 0 Å². The largest absolute Gasteiger partial charge is 0.492 e. The minimum atomic E-state index is -1.57. The summed E-state index contributed by atoms with van der Waals surface area (Å²) in [4.78, 5) is 19.3. The molecule has 3 heterocycles. The minimum absolute atomic E-state index is 0.114. The number of hydrogen-bond acceptors (Lipinski definition) is 5. The number of fused-ring (bicyclic) bond motifs is 1. The number of hydrogen-bond donors (Lipinski definition) is 2. The zero-order chi connectivity index (χ0) is 24.0. The number of nitrogens with zero attached hydrogens (tertiary/aromatic N) is 3. The van der Waals surface area contributed by atoms with Gasteiger partial charge in [-0.25, -0.2) is 4.21 Å². The van der Waals surface area contributed by atoms with Crippen molar-refractivity contribution in [3.63, 3.8) is 0 Å². The first-order valence-electron chi connectivity index (χ1n) is 11.3. The van der Waals surface area contributed by atoms with E-state index in [2.05, 4.69) is 14.1 Å². The van der Waals surface area contributed by atoms with E-state index in [-0.39, 0.29) is 17.7 Å². The number of nitrogens with one attached hydrogen (secondary N) is 1. The van der Waals surface area contributed by atoms with Gasteiger partial charge in [0.15, 0.2) is 0 Å². The lowest BCUT2D eigenvalue weighted by Gasteiger charge is -2.37. The van der Waals surface area contributed by atoms with Crippen LogP contribution in [0.15, 0.2) is 47.1 Å². The van der Waals surface area contributed by atoms with Crippen molar-refractivity contribution in [3.8, 4) is 5.75 Å². The third-order valence-corrected chi connectivity index (χ3v) is 6.64. The summed E-state index contributed by atoms with van der Waals surface area (Å²) in [5.41, 5.74) is 7.61. The molecule has 0 radical (unpaired) electrons. The number of carbonyl (C=O) groups excluding carboxylic acids is 1. The highest BCUT2D eigenvalue weighted by molar-refractivity contribution is 7.85. The van der Waals surface area contributed by atoms with E-state index in [1.165, 1.54) is 0 Å². The molecule has 9 heteroatoms. The number of piperidine rings is 1. The van der Waals surface area contributed by atoms with E-state index in [0.29, 0.717) is 30.2 Å². The summed E-state index contributed by atoms with van der Waals surface area (Å²) in [5, 5.41) is 0. The van der Waals surface area contributed by atoms with Crippen molar-refractivity contribution < 1.29 is 13.7 Å². The fraction of sp³-hybridized carbons (Fsp3) is 0.458. The molecule has 33 heavy (non-hydrogen) atoms. The molecular weight excluding hydrogens is 438 g/mol. The van der Waals surface area contributed by atoms with Crippen LogP contribution in [-0.4, -0.2) is 45.5 Å². The molecule has 8 nitrogen and oxygen atoms in total. The molecule has 0 bridgehead atoms. The van der Waals surface area contributed by atoms with Gasteiger partial charge in [-0.15, -0.1) is 0 Å². The molecule has 4 rings (SSSR count). The standard InChI is InChI=1S/C22H27N5O3S.C2H6/c1-22(2,16-8-10-24-11-9-16)21(28)27-12-4-5-15(13-27)14-30-18-7-3-6-17-19(18)20(23)26-31(29)25-17;1-2/h3,6-11,15,25H,4-5,12-14H2,1-2H3,(H2,23,26);1-2H3. The van der Waals surface area contributed by atoms with Crippen molar-refractivity contribution in [2.24, 2.45) is 16.0 Å². The number of anilines is 1. The number of benzene rings is 1. The maximum absolute atomic E-state index is 13.3. The zero-order valence-corrected chi connectivity index (χ0v) is 20.5. The van der Waals surface area contributed by atoms with Crippen molar-refractivity contribution >= 4 is 28.6 Å². The Kier molecular flexibility index (Phi) is 8.07. The normalized spacial score (nSPS) is 19.9. The Morgan fingerprint density at radius 2 is 2.00 bits per heavy atom. The van der Waals surface area contributed by atoms with Gasteiger partial charge in [0.05, 0.1) is 23.3 Å². The number of nitrogens with two attached hydrogens (primary N) is 1. The summed E-state index contributed by atoms with van der Waals surface area (Å²) in [7, 11) is 0. The molecule has 1 saturated heterocycles. The van der Waals surface area contributed by atoms with Crippen LogP contribution in [0.5, 0.6) is 5.75 Å². The molecule has 2 aromatic rings. The number of likely N-dealkylation sites (tertiary alicyclic amines) is 1. The van der Waals surface area contributed by atoms with Gasteiger partial charge in [-0.05, 0) is 56.5 Å². The van der Waals surface area contributed by atoms with Gasteiger partial charge in [0.2, 0.25) is 17.1 Å². The fourth-order valence-corrected chi connectivity index (χ4v) is 4.81. The van der Waals surface area contributed by atoms with Gasteiger partial charge in [0, 0.05) is 31.4 Å². The number of amidine groups is 1. The molecule has 3 N–H and O–H groups in total. The number of amides is 1. The van der Waals surface area contributed by atoms with Gasteiger partial charge in [-0.3, -0.25) is 14.5 Å². The molecular formula is C24H33N5O3S. The van der Waals surface area contributed by atoms with Crippen LogP contribution in [0.4, 0.5) is 5.69 Å². The molecule has 1 amide bonds. The van der Waals surface area contributed by atoms with Crippen LogP contribution in [0.1, 0.15) is 51.7 Å². The monoisotopic (exact) mass is 471 g/mol. The summed E-state index contributed by atoms with van der Waals surface area (Å²) < 4.78 is 24.5. The third-order valence-electron chi connectivity index (χ3n) is 5.88. The average Bonchev–Trinajstić information content (AvgIpc) is 2.84. The average molecular weight is 472 g/mol. The highest BCUT2D eigenvalue weighted by atomic mass is 32.2. The van der Waals surface area contributed by atoms with Gasteiger partial charge in [-0.2, -0.15) is 4.40 Å². The number of carbonyl (C=O) groups is 1. The molecule has 2 atom stereocenters. The van der Waals surface area contributed by atoms with Gasteiger partial charge in [0.1, 0.15) is 11.6 Å². The highest BCUT2D eigenvalue weighted by Crippen LogP contribution is 2.31. The molecule has 2 aliphatic heterocycles. The molecule has 0 aliphatic carbocycles. The van der Waals surface area contributed by atoms with E-state index in [1.54, 1.807) is 18.5 Å². The van der Waals surface area contributed by atoms with Crippen LogP contribution in [0.2, 0.25) is 0 Å². The van der Waals surface area contributed by atoms with Crippen molar-refractivity contribution in [3.05, 3.63) is 53.9 Å². The molecule has 0 spiro atoms. The van der Waals surface area contributed by atoms with Crippen molar-refractivity contribution in [1.82, 2.24) is 9.88 Å². The lowest BCUT2D eigenvalue weighted by atomic mass is 9.83. The second-order valence-electron chi connectivity index (χ2n) is 8.44. The zero-order valence-electron chi connectivity index (χ0n) is 19.7. The molecule has 0 saturated carbocycles. The van der Waals surface area contributed by atoms with E-state index >= 15 is 0 Å². The minimum Gasteiger partial charge on any atom is -0.492 e. The van der Waals surface area contributed by atoms with Crippen LogP contribution in [0, 0.1) is 5.92 Å². The number of ether oxygens (including phenoxy) is 1. The Morgan fingerprint density at radius 3 is 2.73 bits per heavy atom. The maximum Gasteiger partial charge on any atom is 0.245 e. The first kappa shape index (κ1) is 24.7. The molecule has 1 aromatic heterocycles. The number of aromatic nitrogens is 1. The van der Waals surface area contributed by atoms with Gasteiger partial charge in [-0.1, -0.05) is 19.9 Å². The van der Waals surface area contributed by atoms with E-state index < -0.39 is 16.6 Å². The van der Waals surface area contributed by atoms with E-state index in [1.807, 2.05) is 56.9 Å². The lowest BCUT2D eigenvalue weighted by Crippen LogP contribution is -2.48. The summed E-state index contributed by atoms with van der Waals surface area (Å²) in [5.74, 6) is 1.12. The first-order valence-corrected chi connectivity index (χ1v) is 12.5. The summed E-state index contributed by atoms with van der Waals surface area (Å²) in [6.07, 6.45) is 5.36. The van der Waals surface area contributed by atoms with E-state index in [4.69, 9.17) is 10.5 Å². The third kappa shape index (κ3) is 5.52. The molecule has 1 aromatic carbocycles. The Balaban J connectivity index is 0.00000149. The summed E-state index contributed by atoms with van der Waals surface area (Å²) >= 11 is -1.57. The SMILES string of the molecule is CC.CC(C)(C(=O)N1CCCC(COc2cccc3c2C(N)=NS(=O)N3)C1)c1ccncc1. The second kappa shape index (κ2) is 10.8. The second-order valence-corrected chi connectivity index (χ2v) is 9.32. The van der Waals surface area contributed by atoms with Crippen molar-refractivity contribution in [1.29, 1.82) is 0 Å². The van der Waals surface area contributed by atoms with Crippen molar-refractivity contribution in [2.75, 3.05) is 24.4 Å². The Morgan fingerprint density at radius 1 is 1.27 bits per heavy atom. The van der Waals surface area contributed by atoms with Gasteiger partial charge in [0.25, 0.3) is 0 Å². The highest BCUT2D eigenvalue weighted by Gasteiger charge is 2.36. The van der Waals surface area contributed by atoms with Crippen LogP contribution in [0.25, 0.3) is 0 Å². The smallest absolute Gasteiger partial charge is 0.245 e. The molecule has 2 aliphatic rings. The van der Waals surface area contributed by atoms with E-state index in [9.17, 15) is 9.00 Å². The van der Waals surface area contributed by atoms with Crippen LogP contribution in [-0.2, 0) is 21.4 Å². The maximum atomic E-state index is 13.3. The van der Waals surface area contributed by atoms with Crippen LogP contribution >= 0.6 is 0 Å². The topological polar surface area (TPSA) is 110 Å². The number of rotatable bonds is 5. The lowest BCUT2D eigenvalue weighted by molar-refractivity contribution is -0.138. The predicted octanol–water partition coefficient (Wildman–Crippen LogP) is 3.41. The summed E-state index contributed by atoms with van der Waals surface area (Å²) in [6, 6.07) is 9.24. The van der Waals surface area contributed by atoms with Crippen LogP contribution < -0.4 is 15.2 Å². The number of pyridine rings is 1. The van der Waals surface area contributed by atoms with E-state index in [0.717, 1.165) is 24.9 Å². The van der Waals surface area contributed by atoms with Crippen LogP contribution in [0.3, 0.4) is 0 Å². The van der Waals surface area contributed by atoms with Gasteiger partial charge < -0.3 is 15.4 Å². The Hall–Kier alpha value is -2.94. The van der Waals surface area contributed by atoms with Crippen molar-refractivity contribution in [2.45, 2.75) is 46.0 Å². The fourth-order valence-electron chi connectivity index (χ4n) is 4.13. The predicted molar refractivity (Wildman–Crippen MR) is 132 cm³/mol. The first-order chi connectivity index (χ1) is 15.9. The Labute approximate surface area is 198 Å². The Bertz CT molecular complexity index is 1030. The molecule has 2 unspecified atom stereocenters.